The predicted octanol–water partition coefficient (Wildman–Crippen LogP) is 5.21. The minimum absolute atomic E-state index is 0.0655. The molecule has 1 aromatic rings. The summed E-state index contributed by atoms with van der Waals surface area (Å²) in [4.78, 5) is 15.2. The van der Waals surface area contributed by atoms with E-state index < -0.39 is 5.60 Å². The van der Waals surface area contributed by atoms with Gasteiger partial charge in [-0.1, -0.05) is 20.8 Å². The third-order valence-electron chi connectivity index (χ3n) is 11.3. The zero-order chi connectivity index (χ0) is 22.2. The van der Waals surface area contributed by atoms with Gasteiger partial charge in [0.25, 0.3) is 0 Å². The van der Waals surface area contributed by atoms with Crippen LogP contribution >= 0.6 is 0 Å². The summed E-state index contributed by atoms with van der Waals surface area (Å²) >= 11 is 0. The molecule has 31 heavy (non-hydrogen) atoms. The zero-order valence-electron chi connectivity index (χ0n) is 20.1. The summed E-state index contributed by atoms with van der Waals surface area (Å²) in [6.07, 6.45) is 13.5. The second kappa shape index (κ2) is 6.88. The first-order valence-electron chi connectivity index (χ1n) is 12.6. The van der Waals surface area contributed by atoms with Crippen molar-refractivity contribution in [2.75, 3.05) is 0 Å². The molecule has 0 spiro atoms. The van der Waals surface area contributed by atoms with Crippen molar-refractivity contribution in [3.05, 3.63) is 12.4 Å². The largest absolute Gasteiger partial charge is 0.390 e. The van der Waals surface area contributed by atoms with E-state index in [0.717, 1.165) is 38.0 Å². The lowest BCUT2D eigenvalue weighted by molar-refractivity contribution is -0.176. The molecule has 4 aliphatic rings. The van der Waals surface area contributed by atoms with Crippen LogP contribution in [0.4, 0.5) is 0 Å². The van der Waals surface area contributed by atoms with E-state index in [1.165, 1.54) is 25.7 Å². The Bertz CT molecular complexity index is 851. The first-order chi connectivity index (χ1) is 14.5. The van der Waals surface area contributed by atoms with Gasteiger partial charge in [-0.3, -0.25) is 4.79 Å². The lowest BCUT2D eigenvalue weighted by Gasteiger charge is -2.65. The Morgan fingerprint density at radius 2 is 1.61 bits per heavy atom. The van der Waals surface area contributed by atoms with Crippen LogP contribution in [0.1, 0.15) is 98.4 Å². The normalized spacial score (nSPS) is 50.3. The summed E-state index contributed by atoms with van der Waals surface area (Å²) in [5.41, 5.74) is 0.160. The average molecular weight is 428 g/mol. The molecule has 1 aromatic heterocycles. The molecule has 4 aliphatic carbocycles. The highest BCUT2D eigenvalue weighted by Gasteiger charge is 2.67. The maximum atomic E-state index is 13.6. The number of hydrogen-bond donors (Lipinski definition) is 1. The minimum atomic E-state index is -0.481. The quantitative estimate of drug-likeness (QED) is 0.719. The number of hydrogen-bond acceptors (Lipinski definition) is 4. The number of aliphatic hydroxyl groups is 1. The van der Waals surface area contributed by atoms with Gasteiger partial charge in [-0.15, -0.1) is 0 Å². The topological polar surface area (TPSA) is 68.0 Å². The summed E-state index contributed by atoms with van der Waals surface area (Å²) in [5.74, 6) is 2.52. The molecule has 9 atom stereocenters. The van der Waals surface area contributed by atoms with Crippen molar-refractivity contribution in [2.24, 2.45) is 39.9 Å². The molecule has 0 amide bonds. The van der Waals surface area contributed by atoms with Gasteiger partial charge in [0, 0.05) is 5.92 Å². The van der Waals surface area contributed by atoms with Gasteiger partial charge in [-0.25, -0.2) is 0 Å². The Morgan fingerprint density at radius 1 is 0.935 bits per heavy atom. The molecule has 5 nitrogen and oxygen atoms in total. The Labute approximate surface area is 187 Å². The van der Waals surface area contributed by atoms with Crippen LogP contribution in [0.2, 0.25) is 0 Å². The smallest absolute Gasteiger partial charge is 0.162 e. The fourth-order valence-electron chi connectivity index (χ4n) is 9.12. The molecule has 5 rings (SSSR count). The maximum absolute atomic E-state index is 13.6. The van der Waals surface area contributed by atoms with Crippen LogP contribution in [0.3, 0.4) is 0 Å². The number of nitrogens with zero attached hydrogens (tertiary/aromatic N) is 3. The highest BCUT2D eigenvalue weighted by atomic mass is 16.3. The molecule has 0 aromatic carbocycles. The zero-order valence-corrected chi connectivity index (χ0v) is 20.1. The van der Waals surface area contributed by atoms with Gasteiger partial charge < -0.3 is 5.11 Å². The molecular weight excluding hydrogens is 386 g/mol. The minimum Gasteiger partial charge on any atom is -0.390 e. The van der Waals surface area contributed by atoms with Gasteiger partial charge in [-0.2, -0.15) is 15.0 Å². The summed E-state index contributed by atoms with van der Waals surface area (Å²) < 4.78 is 0. The molecule has 4 fully saturated rings. The predicted molar refractivity (Wildman–Crippen MR) is 120 cm³/mol. The Morgan fingerprint density at radius 3 is 2.32 bits per heavy atom. The molecule has 0 saturated heterocycles. The maximum Gasteiger partial charge on any atom is 0.162 e. The number of rotatable bonds is 3. The second-order valence-electron chi connectivity index (χ2n) is 12.6. The second-order valence-corrected chi connectivity index (χ2v) is 12.6. The molecule has 4 saturated carbocycles. The molecule has 0 bridgehead atoms. The highest BCUT2D eigenvalue weighted by molar-refractivity contribution is 5.85. The molecule has 0 aliphatic heterocycles. The summed E-state index contributed by atoms with van der Waals surface area (Å²) in [6, 6.07) is -0.286. The fraction of sp³-hybridized carbons (Fsp3) is 0.885. The number of carbonyl (C=O) groups excluding carboxylic acids is 1. The van der Waals surface area contributed by atoms with Crippen molar-refractivity contribution in [2.45, 2.75) is 104 Å². The first-order valence-corrected chi connectivity index (χ1v) is 12.6. The van der Waals surface area contributed by atoms with Crippen LogP contribution in [0.25, 0.3) is 0 Å². The fourth-order valence-corrected chi connectivity index (χ4v) is 9.12. The highest BCUT2D eigenvalue weighted by Crippen LogP contribution is 2.73. The average Bonchev–Trinajstić information content (AvgIpc) is 3.34. The van der Waals surface area contributed by atoms with Gasteiger partial charge in [0.2, 0.25) is 0 Å². The lowest BCUT2D eigenvalue weighted by atomic mass is 9.40. The van der Waals surface area contributed by atoms with Crippen molar-refractivity contribution in [3.8, 4) is 0 Å². The van der Waals surface area contributed by atoms with Gasteiger partial charge in [0.1, 0.15) is 6.04 Å². The monoisotopic (exact) mass is 427 g/mol. The standard InChI is InChI=1S/C26H41N3O2/c1-17(29-27-14-15-28-29)22(30)21-9-11-25(4)20-7-6-18-16-23(2,31)12-13-24(18,3)19(20)8-10-26(21,25)5/h14-15,17-21,31H,6-13,16H2,1-5H3/t17-,18+,19-,20+,21+,23+,24-,25-,26+/m0/s1. The van der Waals surface area contributed by atoms with Crippen molar-refractivity contribution in [1.82, 2.24) is 15.0 Å². The van der Waals surface area contributed by atoms with E-state index in [1.54, 1.807) is 17.2 Å². The van der Waals surface area contributed by atoms with Crippen molar-refractivity contribution >= 4 is 5.78 Å². The van der Waals surface area contributed by atoms with E-state index in [9.17, 15) is 9.90 Å². The molecule has 172 valence electrons. The SMILES string of the molecule is C[C@@H](C(=O)[C@H]1CC[C@@]2(C)[C@@H]3CC[C@@H]4C[C@](C)(O)CC[C@]4(C)[C@H]3CC[C@]12C)n1nccn1. The van der Waals surface area contributed by atoms with Gasteiger partial charge in [0.15, 0.2) is 5.78 Å². The molecule has 0 radical (unpaired) electrons. The van der Waals surface area contributed by atoms with E-state index in [2.05, 4.69) is 31.0 Å². The summed E-state index contributed by atoms with van der Waals surface area (Å²) in [6.45, 7) is 11.5. The van der Waals surface area contributed by atoms with Gasteiger partial charge >= 0.3 is 0 Å². The third-order valence-corrected chi connectivity index (χ3v) is 11.3. The Hall–Kier alpha value is -1.23. The Kier molecular flexibility index (Phi) is 4.80. The van der Waals surface area contributed by atoms with Crippen molar-refractivity contribution < 1.29 is 9.90 Å². The van der Waals surface area contributed by atoms with Crippen LogP contribution < -0.4 is 0 Å². The van der Waals surface area contributed by atoms with Crippen LogP contribution in [0.5, 0.6) is 0 Å². The molecule has 5 heteroatoms. The number of Topliss-reactive ketones (excluding diaryl/α,β-unsaturated/α-hetero) is 1. The number of carbonyl (C=O) groups is 1. The van der Waals surface area contributed by atoms with Crippen molar-refractivity contribution in [1.29, 1.82) is 0 Å². The van der Waals surface area contributed by atoms with Crippen LogP contribution in [-0.2, 0) is 4.79 Å². The van der Waals surface area contributed by atoms with E-state index in [-0.39, 0.29) is 22.8 Å². The van der Waals surface area contributed by atoms with Crippen molar-refractivity contribution in [3.63, 3.8) is 0 Å². The van der Waals surface area contributed by atoms with Crippen LogP contribution in [-0.4, -0.2) is 31.5 Å². The van der Waals surface area contributed by atoms with Gasteiger partial charge in [-0.05, 0) is 106 Å². The van der Waals surface area contributed by atoms with E-state index >= 15 is 0 Å². The van der Waals surface area contributed by atoms with Gasteiger partial charge in [0.05, 0.1) is 18.0 Å². The molecule has 1 N–H and O–H groups in total. The van der Waals surface area contributed by atoms with Crippen LogP contribution in [0, 0.1) is 39.9 Å². The van der Waals surface area contributed by atoms with Crippen LogP contribution in [0.15, 0.2) is 12.4 Å². The number of ketones is 1. The molecular formula is C26H41N3O2. The van der Waals surface area contributed by atoms with E-state index in [1.807, 2.05) is 13.8 Å². The lowest BCUT2D eigenvalue weighted by Crippen LogP contribution is -2.59. The molecule has 0 unspecified atom stereocenters. The van der Waals surface area contributed by atoms with E-state index in [4.69, 9.17) is 0 Å². The third kappa shape index (κ3) is 2.94. The number of fused-ring (bicyclic) bond motifs is 5. The molecule has 1 heterocycles. The number of aromatic nitrogens is 3. The summed E-state index contributed by atoms with van der Waals surface area (Å²) in [5, 5.41) is 19.2. The van der Waals surface area contributed by atoms with E-state index in [0.29, 0.717) is 23.0 Å². The summed E-state index contributed by atoms with van der Waals surface area (Å²) in [7, 11) is 0. The first kappa shape index (κ1) is 21.6. The Balaban J connectivity index is 1.42.